The highest BCUT2D eigenvalue weighted by atomic mass is 16.5. The van der Waals surface area contributed by atoms with E-state index in [0.717, 1.165) is 11.3 Å². The van der Waals surface area contributed by atoms with Crippen molar-refractivity contribution in [1.82, 2.24) is 10.6 Å². The fraction of sp³-hybridized carbons (Fsp3) is 0.467. The fourth-order valence-corrected chi connectivity index (χ4v) is 2.02. The van der Waals surface area contributed by atoms with E-state index in [9.17, 15) is 9.59 Å². The summed E-state index contributed by atoms with van der Waals surface area (Å²) in [6, 6.07) is 7.65. The van der Waals surface area contributed by atoms with E-state index in [0.29, 0.717) is 19.5 Å². The van der Waals surface area contributed by atoms with E-state index in [1.807, 2.05) is 38.1 Å². The molecule has 0 aliphatic carbocycles. The molecule has 0 fully saturated rings. The van der Waals surface area contributed by atoms with Crippen LogP contribution in [0, 0.1) is 5.92 Å². The smallest absolute Gasteiger partial charge is 0.261 e. The molecular formula is C15H20N2O3. The SMILES string of the molecule is CC(C)C(=O)NCCNC(=O)[C@H]1Cc2ccccc2O1. The minimum atomic E-state index is -0.465. The maximum atomic E-state index is 11.9. The number of hydrogen-bond donors (Lipinski definition) is 2. The Hall–Kier alpha value is -2.04. The van der Waals surface area contributed by atoms with Crippen LogP contribution in [0.5, 0.6) is 5.75 Å². The summed E-state index contributed by atoms with van der Waals surface area (Å²) in [5.74, 6) is 0.586. The maximum Gasteiger partial charge on any atom is 0.261 e. The monoisotopic (exact) mass is 276 g/mol. The summed E-state index contributed by atoms with van der Waals surface area (Å²) in [7, 11) is 0. The molecule has 1 aliphatic rings. The van der Waals surface area contributed by atoms with Crippen LogP contribution in [-0.4, -0.2) is 31.0 Å². The van der Waals surface area contributed by atoms with Crippen molar-refractivity contribution >= 4 is 11.8 Å². The van der Waals surface area contributed by atoms with Gasteiger partial charge in [-0.05, 0) is 11.6 Å². The van der Waals surface area contributed by atoms with Crippen LogP contribution in [0.1, 0.15) is 19.4 Å². The number of nitrogens with one attached hydrogen (secondary N) is 2. The van der Waals surface area contributed by atoms with Gasteiger partial charge in [0.2, 0.25) is 5.91 Å². The van der Waals surface area contributed by atoms with Gasteiger partial charge in [-0.25, -0.2) is 0 Å². The molecule has 1 aromatic carbocycles. The molecule has 0 radical (unpaired) electrons. The Morgan fingerprint density at radius 1 is 1.25 bits per heavy atom. The van der Waals surface area contributed by atoms with Crippen molar-refractivity contribution in [3.05, 3.63) is 29.8 Å². The Kier molecular flexibility index (Phi) is 4.61. The second-order valence-corrected chi connectivity index (χ2v) is 5.16. The Labute approximate surface area is 118 Å². The molecule has 5 heteroatoms. The molecule has 0 spiro atoms. The molecule has 20 heavy (non-hydrogen) atoms. The van der Waals surface area contributed by atoms with E-state index >= 15 is 0 Å². The topological polar surface area (TPSA) is 67.4 Å². The van der Waals surface area contributed by atoms with Crippen LogP contribution in [0.2, 0.25) is 0 Å². The van der Waals surface area contributed by atoms with Crippen molar-refractivity contribution in [2.45, 2.75) is 26.4 Å². The van der Waals surface area contributed by atoms with E-state index in [1.165, 1.54) is 0 Å². The Bertz CT molecular complexity index is 475. The first-order valence-corrected chi connectivity index (χ1v) is 6.88. The van der Waals surface area contributed by atoms with Gasteiger partial charge in [-0.2, -0.15) is 0 Å². The van der Waals surface area contributed by atoms with E-state index in [2.05, 4.69) is 10.6 Å². The summed E-state index contributed by atoms with van der Waals surface area (Å²) in [5.41, 5.74) is 1.06. The summed E-state index contributed by atoms with van der Waals surface area (Å²) in [5, 5.41) is 5.53. The van der Waals surface area contributed by atoms with Gasteiger partial charge in [-0.15, -0.1) is 0 Å². The van der Waals surface area contributed by atoms with Gasteiger partial charge < -0.3 is 15.4 Å². The number of para-hydroxylation sites is 1. The van der Waals surface area contributed by atoms with Gasteiger partial charge in [0.1, 0.15) is 5.75 Å². The number of ether oxygens (including phenoxy) is 1. The number of hydrogen-bond acceptors (Lipinski definition) is 3. The summed E-state index contributed by atoms with van der Waals surface area (Å²) >= 11 is 0. The summed E-state index contributed by atoms with van der Waals surface area (Å²) in [4.78, 5) is 23.3. The van der Waals surface area contributed by atoms with Crippen LogP contribution >= 0.6 is 0 Å². The molecule has 2 N–H and O–H groups in total. The molecule has 2 rings (SSSR count). The van der Waals surface area contributed by atoms with E-state index in [4.69, 9.17) is 4.74 Å². The molecule has 1 heterocycles. The van der Waals surface area contributed by atoms with Crippen LogP contribution in [0.3, 0.4) is 0 Å². The number of carbonyl (C=O) groups is 2. The van der Waals surface area contributed by atoms with Gasteiger partial charge in [-0.1, -0.05) is 32.0 Å². The third-order valence-electron chi connectivity index (χ3n) is 3.19. The van der Waals surface area contributed by atoms with Gasteiger partial charge in [0.05, 0.1) is 0 Å². The number of benzene rings is 1. The average molecular weight is 276 g/mol. The number of amides is 2. The van der Waals surface area contributed by atoms with Gasteiger partial charge in [0.15, 0.2) is 6.10 Å². The van der Waals surface area contributed by atoms with E-state index < -0.39 is 6.10 Å². The summed E-state index contributed by atoms with van der Waals surface area (Å²) in [6.45, 7) is 4.50. The zero-order valence-corrected chi connectivity index (χ0v) is 11.8. The third kappa shape index (κ3) is 3.50. The Balaban J connectivity index is 1.71. The summed E-state index contributed by atoms with van der Waals surface area (Å²) < 4.78 is 5.59. The molecule has 1 atom stereocenters. The molecule has 0 saturated carbocycles. The normalized spacial score (nSPS) is 16.4. The van der Waals surface area contributed by atoms with Crippen molar-refractivity contribution in [2.75, 3.05) is 13.1 Å². The highest BCUT2D eigenvalue weighted by Crippen LogP contribution is 2.27. The largest absolute Gasteiger partial charge is 0.480 e. The lowest BCUT2D eigenvalue weighted by atomic mass is 10.1. The third-order valence-corrected chi connectivity index (χ3v) is 3.19. The van der Waals surface area contributed by atoms with Crippen molar-refractivity contribution in [1.29, 1.82) is 0 Å². The second kappa shape index (κ2) is 6.41. The van der Waals surface area contributed by atoms with Crippen molar-refractivity contribution in [3.63, 3.8) is 0 Å². The molecule has 0 unspecified atom stereocenters. The average Bonchev–Trinajstić information content (AvgIpc) is 2.86. The maximum absolute atomic E-state index is 11.9. The molecule has 1 aliphatic heterocycles. The predicted octanol–water partition coefficient (Wildman–Crippen LogP) is 0.879. The number of carbonyl (C=O) groups excluding carboxylic acids is 2. The minimum absolute atomic E-state index is 0.0104. The quantitative estimate of drug-likeness (QED) is 0.784. The van der Waals surface area contributed by atoms with Gasteiger partial charge >= 0.3 is 0 Å². The molecule has 1 aromatic rings. The predicted molar refractivity (Wildman–Crippen MR) is 75.4 cm³/mol. The van der Waals surface area contributed by atoms with Gasteiger partial charge in [0, 0.05) is 25.4 Å². The molecule has 108 valence electrons. The Morgan fingerprint density at radius 2 is 1.95 bits per heavy atom. The molecule has 2 amide bonds. The van der Waals surface area contributed by atoms with Crippen LogP contribution < -0.4 is 15.4 Å². The second-order valence-electron chi connectivity index (χ2n) is 5.16. The van der Waals surface area contributed by atoms with Crippen molar-refractivity contribution in [3.8, 4) is 5.75 Å². The van der Waals surface area contributed by atoms with Crippen LogP contribution in [0.15, 0.2) is 24.3 Å². The van der Waals surface area contributed by atoms with Gasteiger partial charge in [-0.3, -0.25) is 9.59 Å². The lowest BCUT2D eigenvalue weighted by molar-refractivity contribution is -0.128. The number of fused-ring (bicyclic) bond motifs is 1. The van der Waals surface area contributed by atoms with Gasteiger partial charge in [0.25, 0.3) is 5.91 Å². The molecule has 5 nitrogen and oxygen atoms in total. The fourth-order valence-electron chi connectivity index (χ4n) is 2.02. The zero-order valence-electron chi connectivity index (χ0n) is 11.8. The zero-order chi connectivity index (χ0) is 14.5. The molecular weight excluding hydrogens is 256 g/mol. The lowest BCUT2D eigenvalue weighted by Gasteiger charge is -2.12. The number of rotatable bonds is 5. The summed E-state index contributed by atoms with van der Waals surface area (Å²) in [6.07, 6.45) is 0.133. The highest BCUT2D eigenvalue weighted by molar-refractivity contribution is 5.82. The standard InChI is InChI=1S/C15H20N2O3/c1-10(2)14(18)16-7-8-17-15(19)13-9-11-5-3-4-6-12(11)20-13/h3-6,10,13H,7-9H2,1-2H3,(H,16,18)(H,17,19)/t13-/m1/s1. The Morgan fingerprint density at radius 3 is 2.65 bits per heavy atom. The first-order valence-electron chi connectivity index (χ1n) is 6.88. The van der Waals surface area contributed by atoms with E-state index in [-0.39, 0.29) is 17.7 Å². The minimum Gasteiger partial charge on any atom is -0.480 e. The van der Waals surface area contributed by atoms with Crippen LogP contribution in [0.4, 0.5) is 0 Å². The first kappa shape index (κ1) is 14.4. The molecule has 0 bridgehead atoms. The molecule has 0 saturated heterocycles. The first-order chi connectivity index (χ1) is 9.58. The van der Waals surface area contributed by atoms with Crippen LogP contribution in [-0.2, 0) is 16.0 Å². The van der Waals surface area contributed by atoms with Crippen molar-refractivity contribution < 1.29 is 14.3 Å². The lowest BCUT2D eigenvalue weighted by Crippen LogP contribution is -2.42. The van der Waals surface area contributed by atoms with E-state index in [1.54, 1.807) is 0 Å². The highest BCUT2D eigenvalue weighted by Gasteiger charge is 2.28. The van der Waals surface area contributed by atoms with Crippen molar-refractivity contribution in [2.24, 2.45) is 5.92 Å². The molecule has 0 aromatic heterocycles. The van der Waals surface area contributed by atoms with Crippen LogP contribution in [0.25, 0.3) is 0 Å².